The Hall–Kier alpha value is -2.33. The molecule has 1 aliphatic carbocycles. The Morgan fingerprint density at radius 3 is 2.78 bits per heavy atom. The predicted molar refractivity (Wildman–Crippen MR) is 105 cm³/mol. The number of hydrogen-bond donors (Lipinski definition) is 1. The molecule has 1 heterocycles. The zero-order chi connectivity index (χ0) is 23.1. The molecule has 2 aliphatic rings. The first kappa shape index (κ1) is 12.9. The van der Waals surface area contributed by atoms with Crippen LogP contribution in [0.15, 0.2) is 42.5 Å². The van der Waals surface area contributed by atoms with Crippen molar-refractivity contribution in [3.05, 3.63) is 59.2 Å². The molecule has 0 saturated carbocycles. The maximum Gasteiger partial charge on any atom is 0.166 e. The molecule has 0 bridgehead atoms. The molecule has 1 unspecified atom stereocenters. The van der Waals surface area contributed by atoms with Crippen molar-refractivity contribution in [3.8, 4) is 11.5 Å². The lowest BCUT2D eigenvalue weighted by Crippen LogP contribution is -2.34. The third kappa shape index (κ3) is 3.86. The second-order valence-corrected chi connectivity index (χ2v) is 7.49. The minimum Gasteiger partial charge on any atom is -0.504 e. The van der Waals surface area contributed by atoms with E-state index >= 15 is 0 Å². The molecule has 4 nitrogen and oxygen atoms in total. The van der Waals surface area contributed by atoms with E-state index in [0.29, 0.717) is 48.5 Å². The lowest BCUT2D eigenvalue weighted by molar-refractivity contribution is 0.0895. The molecule has 27 heavy (non-hydrogen) atoms. The third-order valence-electron chi connectivity index (χ3n) is 5.69. The van der Waals surface area contributed by atoms with Crippen molar-refractivity contribution in [2.75, 3.05) is 20.1 Å². The van der Waals surface area contributed by atoms with Crippen LogP contribution in [0.1, 0.15) is 47.6 Å². The second-order valence-electron chi connectivity index (χ2n) is 7.49. The number of methoxy groups -OCH3 is 1. The van der Waals surface area contributed by atoms with E-state index in [1.165, 1.54) is 12.1 Å². The van der Waals surface area contributed by atoms with Crippen LogP contribution in [0.25, 0.3) is 0 Å². The highest BCUT2D eigenvalue weighted by Gasteiger charge is 2.34. The van der Waals surface area contributed by atoms with Crippen molar-refractivity contribution in [1.82, 2.24) is 4.90 Å². The Morgan fingerprint density at radius 1 is 1.26 bits per heavy atom. The number of rotatable bonds is 5. The predicted octanol–water partition coefficient (Wildman–Crippen LogP) is 4.06. The van der Waals surface area contributed by atoms with Gasteiger partial charge in [0.15, 0.2) is 17.3 Å². The van der Waals surface area contributed by atoms with E-state index in [9.17, 15) is 9.90 Å². The van der Waals surface area contributed by atoms with Gasteiger partial charge in [0.05, 0.1) is 11.2 Å². The van der Waals surface area contributed by atoms with Gasteiger partial charge in [-0.25, -0.2) is 0 Å². The molecule has 0 radical (unpaired) electrons. The number of phenols is 1. The monoisotopic (exact) mass is 370 g/mol. The number of piperidine rings is 1. The topological polar surface area (TPSA) is 49.8 Å². The number of carbonyl (C=O) groups is 1. The van der Waals surface area contributed by atoms with E-state index in [4.69, 9.17) is 11.6 Å². The number of likely N-dealkylation sites (tertiary alicyclic amines) is 1. The molecule has 1 N–H and O–H groups in total. The van der Waals surface area contributed by atoms with Crippen molar-refractivity contribution < 1.29 is 21.5 Å². The van der Waals surface area contributed by atoms with Crippen molar-refractivity contribution >= 4 is 5.78 Å². The van der Waals surface area contributed by atoms with Crippen molar-refractivity contribution in [2.45, 2.75) is 32.2 Å². The molecule has 0 amide bonds. The van der Waals surface area contributed by atoms with E-state index in [-0.39, 0.29) is 23.2 Å². The van der Waals surface area contributed by atoms with Crippen LogP contribution in [-0.2, 0) is 12.9 Å². The molecule has 1 saturated heterocycles. The Labute approximate surface area is 167 Å². The number of benzene rings is 2. The first-order valence-corrected chi connectivity index (χ1v) is 9.44. The second kappa shape index (κ2) is 7.73. The van der Waals surface area contributed by atoms with Gasteiger partial charge in [0.2, 0.25) is 0 Å². The van der Waals surface area contributed by atoms with Gasteiger partial charge >= 0.3 is 0 Å². The molecule has 142 valence electrons. The van der Waals surface area contributed by atoms with Crippen molar-refractivity contribution in [2.24, 2.45) is 11.8 Å². The van der Waals surface area contributed by atoms with Crippen LogP contribution >= 0.6 is 0 Å². The fraction of sp³-hybridized carbons (Fsp3) is 0.435. The Balaban J connectivity index is 1.38. The first-order valence-electron chi connectivity index (χ1n) is 11.9. The minimum absolute atomic E-state index is 0.0298. The summed E-state index contributed by atoms with van der Waals surface area (Å²) in [5.41, 5.74) is 1.79. The maximum absolute atomic E-state index is 12.9. The van der Waals surface area contributed by atoms with Gasteiger partial charge in [0, 0.05) is 20.7 Å². The molecule has 2 aromatic rings. The number of ketones is 1. The molecule has 4 rings (SSSR count). The molecule has 1 atom stereocenters. The van der Waals surface area contributed by atoms with Crippen LogP contribution < -0.4 is 4.74 Å². The summed E-state index contributed by atoms with van der Waals surface area (Å²) >= 11 is 0. The lowest BCUT2D eigenvalue weighted by atomic mass is 9.85. The van der Waals surface area contributed by atoms with Crippen LogP contribution in [0.3, 0.4) is 0 Å². The summed E-state index contributed by atoms with van der Waals surface area (Å²) in [5.74, 6) is -0.403. The van der Waals surface area contributed by atoms with Gasteiger partial charge in [-0.05, 0) is 68.0 Å². The Morgan fingerprint density at radius 2 is 2.04 bits per heavy atom. The van der Waals surface area contributed by atoms with Crippen molar-refractivity contribution in [3.63, 3.8) is 0 Å². The quantitative estimate of drug-likeness (QED) is 0.862. The van der Waals surface area contributed by atoms with Crippen LogP contribution in [0.4, 0.5) is 0 Å². The zero-order valence-corrected chi connectivity index (χ0v) is 15.1. The highest BCUT2D eigenvalue weighted by atomic mass is 16.5. The summed E-state index contributed by atoms with van der Waals surface area (Å²) in [6.45, 7) is -0.280. The molecule has 1 fully saturated rings. The smallest absolute Gasteiger partial charge is 0.166 e. The zero-order valence-electron chi connectivity index (χ0n) is 20.1. The van der Waals surface area contributed by atoms with Crippen LogP contribution in [-0.4, -0.2) is 35.9 Å². The fourth-order valence-corrected chi connectivity index (χ4v) is 4.24. The van der Waals surface area contributed by atoms with Crippen molar-refractivity contribution in [1.29, 1.82) is 0 Å². The average Bonchev–Trinajstić information content (AvgIpc) is 3.03. The Bertz CT molecular complexity index is 985. The number of aromatic hydroxyl groups is 1. The average molecular weight is 371 g/mol. The SMILES string of the molecule is [2H]C([2H])([2H])Oc1cc2c(cc1O)C(=O)C(CC1CCN(C([2H])([2H])c3ccccc3)CC1)C2. The Kier molecular flexibility index (Phi) is 3.71. The molecule has 0 spiro atoms. The summed E-state index contributed by atoms with van der Waals surface area (Å²) in [7, 11) is -2.67. The van der Waals surface area contributed by atoms with Crippen LogP contribution in [0.5, 0.6) is 11.5 Å². The lowest BCUT2D eigenvalue weighted by Gasteiger charge is -2.32. The largest absolute Gasteiger partial charge is 0.504 e. The normalized spacial score (nSPS) is 24.4. The fourth-order valence-electron chi connectivity index (χ4n) is 4.24. The molecular weight excluding hydrogens is 338 g/mol. The number of hydrogen-bond acceptors (Lipinski definition) is 4. The number of phenolic OH excluding ortho intramolecular Hbond substituents is 1. The number of Topliss-reactive ketones (excluding diaryl/α,β-unsaturated/α-hetero) is 1. The van der Waals surface area contributed by atoms with Gasteiger partial charge in [0.25, 0.3) is 0 Å². The first-order chi connectivity index (χ1) is 15.0. The molecule has 1 aliphatic heterocycles. The van der Waals surface area contributed by atoms with Crippen LogP contribution in [0, 0.1) is 11.8 Å². The van der Waals surface area contributed by atoms with Gasteiger partial charge in [-0.15, -0.1) is 0 Å². The van der Waals surface area contributed by atoms with E-state index < -0.39 is 13.5 Å². The maximum atomic E-state index is 12.9. The number of carbonyl (C=O) groups excluding carboxylic acids is 1. The van der Waals surface area contributed by atoms with Crippen LogP contribution in [0.2, 0.25) is 0 Å². The highest BCUT2D eigenvalue weighted by Crippen LogP contribution is 2.39. The van der Waals surface area contributed by atoms with E-state index in [2.05, 4.69) is 0 Å². The third-order valence-corrected chi connectivity index (χ3v) is 5.69. The summed E-state index contributed by atoms with van der Waals surface area (Å²) < 4.78 is 43.6. The summed E-state index contributed by atoms with van der Waals surface area (Å²) in [6.07, 6.45) is 2.82. The van der Waals surface area contributed by atoms with E-state index in [0.717, 1.165) is 12.8 Å². The van der Waals surface area contributed by atoms with Gasteiger partial charge in [0.1, 0.15) is 0 Å². The molecule has 4 heteroatoms. The molecule has 2 aromatic carbocycles. The number of ether oxygens (including phenoxy) is 1. The standard InChI is InChI=1S/C23H27NO3/c1-27-22-13-18-12-19(23(26)20(18)14-21(22)25)11-16-7-9-24(10-8-16)15-17-5-3-2-4-6-17/h2-6,13-14,16,19,25H,7-12,15H2,1H3/i1D3,15D2. The summed E-state index contributed by atoms with van der Waals surface area (Å²) in [6, 6.07) is 12.0. The molecular formula is C23H27NO3. The minimum atomic E-state index is -2.67. The summed E-state index contributed by atoms with van der Waals surface area (Å²) in [4.78, 5) is 14.8. The summed E-state index contributed by atoms with van der Waals surface area (Å²) in [5, 5.41) is 10.1. The van der Waals surface area contributed by atoms with E-state index in [1.807, 2.05) is 23.1 Å². The highest BCUT2D eigenvalue weighted by molar-refractivity contribution is 6.02. The van der Waals surface area contributed by atoms with Gasteiger partial charge in [-0.3, -0.25) is 9.69 Å². The van der Waals surface area contributed by atoms with E-state index in [1.54, 1.807) is 12.1 Å². The van der Waals surface area contributed by atoms with Gasteiger partial charge in [-0.1, -0.05) is 30.3 Å². The number of nitrogens with zero attached hydrogens (tertiary/aromatic N) is 1. The number of fused-ring (bicyclic) bond motifs is 1. The molecule has 0 aromatic heterocycles. The van der Waals surface area contributed by atoms with Gasteiger partial charge < -0.3 is 9.84 Å². The van der Waals surface area contributed by atoms with Gasteiger partial charge in [-0.2, -0.15) is 0 Å².